The van der Waals surface area contributed by atoms with Crippen LogP contribution in [0.15, 0.2) is 212 Å². The first-order valence-electron chi connectivity index (χ1n) is 27.0. The molecule has 2 aliphatic heterocycles. The van der Waals surface area contributed by atoms with E-state index in [0.29, 0.717) is 6.61 Å². The van der Waals surface area contributed by atoms with Gasteiger partial charge in [0.1, 0.15) is 36.6 Å². The Morgan fingerprint density at radius 3 is 1.31 bits per heavy atom. The Hall–Kier alpha value is -6.39. The molecule has 0 spiro atoms. The maximum absolute atomic E-state index is 15.5. The van der Waals surface area contributed by atoms with E-state index in [1.165, 1.54) is 0 Å². The van der Waals surface area contributed by atoms with Crippen LogP contribution >= 0.6 is 0 Å². The number of methoxy groups -OCH3 is 1. The quantitative estimate of drug-likeness (QED) is 0.0435. The lowest BCUT2D eigenvalue weighted by atomic mass is 9.80. The van der Waals surface area contributed by atoms with Gasteiger partial charge in [0.25, 0.3) is 0 Å². The van der Waals surface area contributed by atoms with Crippen molar-refractivity contribution < 1.29 is 56.9 Å². The molecule has 0 unspecified atom stereocenters. The van der Waals surface area contributed by atoms with Gasteiger partial charge >= 0.3 is 5.97 Å². The van der Waals surface area contributed by atoms with Crippen molar-refractivity contribution in [2.24, 2.45) is 0 Å². The number of ether oxygens (including phenoxy) is 11. The molecule has 2 fully saturated rings. The molecular formula is C66H72O12. The van der Waals surface area contributed by atoms with E-state index in [0.717, 1.165) is 38.9 Å². The molecule has 78 heavy (non-hydrogen) atoms. The second-order valence-electron chi connectivity index (χ2n) is 19.7. The van der Waals surface area contributed by atoms with Crippen LogP contribution in [0.4, 0.5) is 0 Å². The van der Waals surface area contributed by atoms with Crippen LogP contribution in [0.25, 0.3) is 0 Å². The highest BCUT2D eigenvalue weighted by atomic mass is 16.7. The van der Waals surface area contributed by atoms with E-state index >= 15 is 4.79 Å². The lowest BCUT2D eigenvalue weighted by Gasteiger charge is -2.51. The average molecular weight is 1060 g/mol. The molecule has 10 atom stereocenters. The number of hydrogen-bond donors (Lipinski definition) is 0. The van der Waals surface area contributed by atoms with Gasteiger partial charge in [0, 0.05) is 20.0 Å². The van der Waals surface area contributed by atoms with Gasteiger partial charge in [-0.15, -0.1) is 0 Å². The fourth-order valence-electron chi connectivity index (χ4n) is 10.1. The number of hydrogen-bond acceptors (Lipinski definition) is 12. The molecule has 0 bridgehead atoms. The van der Waals surface area contributed by atoms with Gasteiger partial charge in [0.15, 0.2) is 11.9 Å². The maximum Gasteiger partial charge on any atom is 0.338 e. The van der Waals surface area contributed by atoms with Crippen LogP contribution in [-0.2, 0) is 103 Å². The van der Waals surface area contributed by atoms with Crippen LogP contribution in [0, 0.1) is 0 Å². The Morgan fingerprint density at radius 2 is 0.872 bits per heavy atom. The third-order valence-electron chi connectivity index (χ3n) is 14.1. The predicted octanol–water partition coefficient (Wildman–Crippen LogP) is 11.6. The topological polar surface area (TPSA) is 119 Å². The van der Waals surface area contributed by atoms with Gasteiger partial charge in [-0.2, -0.15) is 0 Å². The summed E-state index contributed by atoms with van der Waals surface area (Å²) in [5, 5.41) is 0. The van der Waals surface area contributed by atoms with E-state index < -0.39 is 66.7 Å². The number of esters is 1. The smallest absolute Gasteiger partial charge is 0.338 e. The second kappa shape index (κ2) is 29.5. The van der Waals surface area contributed by atoms with Crippen molar-refractivity contribution in [2.45, 2.75) is 127 Å². The molecule has 0 aromatic heterocycles. The number of carbonyl (C=O) groups excluding carboxylic acids is 1. The summed E-state index contributed by atoms with van der Waals surface area (Å²) < 4.78 is 75.7. The predicted molar refractivity (Wildman–Crippen MR) is 295 cm³/mol. The molecule has 7 aromatic carbocycles. The van der Waals surface area contributed by atoms with Crippen LogP contribution in [0.3, 0.4) is 0 Å². The van der Waals surface area contributed by atoms with E-state index in [1.807, 2.05) is 212 Å². The third kappa shape index (κ3) is 15.9. The first-order valence-corrected chi connectivity index (χ1v) is 27.0. The summed E-state index contributed by atoms with van der Waals surface area (Å²) in [7, 11) is 1.58. The molecule has 0 aliphatic carbocycles. The van der Waals surface area contributed by atoms with E-state index in [9.17, 15) is 0 Å². The Morgan fingerprint density at radius 1 is 0.487 bits per heavy atom. The zero-order chi connectivity index (χ0) is 53.6. The van der Waals surface area contributed by atoms with E-state index in [-0.39, 0.29) is 65.7 Å². The van der Waals surface area contributed by atoms with Gasteiger partial charge in [-0.25, -0.2) is 4.79 Å². The Balaban J connectivity index is 1.14. The van der Waals surface area contributed by atoms with E-state index in [2.05, 4.69) is 0 Å². The van der Waals surface area contributed by atoms with Gasteiger partial charge in [-0.3, -0.25) is 0 Å². The van der Waals surface area contributed by atoms with Crippen molar-refractivity contribution >= 4 is 5.97 Å². The first-order chi connectivity index (χ1) is 38.5. The lowest BCUT2D eigenvalue weighted by Crippen LogP contribution is -2.67. The standard InChI is InChI=1S/C66H72O12/c1-3-70-65(67)66(40-57-60(74-45-53-33-19-8-20-34-53)62(75-46-54-35-21-9-22-36-54)63(64(68-2)77-57)76-47-55-37-23-10-24-38-55)39-56(71-42-50-27-13-5-14-28-50)59(73-44-52-31-17-7-18-32-52)61(78-66)58(72-43-51-29-15-6-16-30-51)48-69-41-49-25-11-4-12-26-49/h4-38,56-64H,3,39-48H2,1-2H3/t56-,57-,58-,59-,60-,61-,62+,63-,64+,66-/m1/s1. The molecular weight excluding hydrogens is 985 g/mol. The molecule has 0 N–H and O–H groups in total. The molecule has 12 nitrogen and oxygen atoms in total. The van der Waals surface area contributed by atoms with Crippen LogP contribution in [0.5, 0.6) is 0 Å². The monoisotopic (exact) mass is 1060 g/mol. The fraction of sp³-hybridized carbons (Fsp3) is 0.348. The molecule has 7 aromatic rings. The zero-order valence-electron chi connectivity index (χ0n) is 44.6. The highest BCUT2D eigenvalue weighted by Crippen LogP contribution is 2.43. The normalized spacial score (nSPS) is 23.6. The fourth-order valence-corrected chi connectivity index (χ4v) is 10.1. The maximum atomic E-state index is 15.5. The third-order valence-corrected chi connectivity index (χ3v) is 14.1. The molecule has 2 saturated heterocycles. The van der Waals surface area contributed by atoms with Gasteiger partial charge in [0.2, 0.25) is 0 Å². The number of carbonyl (C=O) groups is 1. The average Bonchev–Trinajstić information content (AvgIpc) is 3.55. The SMILES string of the molecule is CCOC(=O)[C@]1(C[C@H]2O[C@H](OC)[C@H](OCc3ccccc3)[C@@H](OCc3ccccc3)[C@@H]2OCc2ccccc2)C[C@@H](OCc2ccccc2)[C@@H](OCc2ccccc2)[C@@H]([C@@H](COCc2ccccc2)OCc2ccccc2)O1. The molecule has 0 saturated carbocycles. The second-order valence-corrected chi connectivity index (χ2v) is 19.7. The van der Waals surface area contributed by atoms with E-state index in [4.69, 9.17) is 52.1 Å². The minimum atomic E-state index is -1.76. The summed E-state index contributed by atoms with van der Waals surface area (Å²) >= 11 is 0. The lowest BCUT2D eigenvalue weighted by molar-refractivity contribution is -0.331. The molecule has 2 aliphatic rings. The van der Waals surface area contributed by atoms with Gasteiger partial charge in [-0.05, 0) is 45.9 Å². The van der Waals surface area contributed by atoms with Crippen LogP contribution in [-0.4, -0.2) is 87.0 Å². The van der Waals surface area contributed by atoms with Crippen LogP contribution < -0.4 is 0 Å². The molecule has 408 valence electrons. The van der Waals surface area contributed by atoms with Gasteiger partial charge in [0.05, 0.1) is 71.7 Å². The van der Waals surface area contributed by atoms with Gasteiger partial charge in [-0.1, -0.05) is 212 Å². The summed E-state index contributed by atoms with van der Waals surface area (Å²) in [6, 6.07) is 69.7. The highest BCUT2D eigenvalue weighted by Gasteiger charge is 2.59. The molecule has 0 amide bonds. The van der Waals surface area contributed by atoms with Crippen LogP contribution in [0.2, 0.25) is 0 Å². The molecule has 9 rings (SSSR count). The highest BCUT2D eigenvalue weighted by molar-refractivity contribution is 5.80. The Bertz CT molecular complexity index is 2760. The number of rotatable bonds is 28. The summed E-state index contributed by atoms with van der Waals surface area (Å²) in [6.45, 7) is 3.57. The zero-order valence-corrected chi connectivity index (χ0v) is 44.6. The largest absolute Gasteiger partial charge is 0.464 e. The van der Waals surface area contributed by atoms with Gasteiger partial charge < -0.3 is 52.1 Å². The van der Waals surface area contributed by atoms with Crippen molar-refractivity contribution in [2.75, 3.05) is 20.3 Å². The van der Waals surface area contributed by atoms with Crippen molar-refractivity contribution in [3.05, 3.63) is 251 Å². The van der Waals surface area contributed by atoms with Crippen molar-refractivity contribution in [1.29, 1.82) is 0 Å². The van der Waals surface area contributed by atoms with Crippen LogP contribution in [0.1, 0.15) is 58.7 Å². The number of benzene rings is 7. The van der Waals surface area contributed by atoms with Crippen molar-refractivity contribution in [3.8, 4) is 0 Å². The van der Waals surface area contributed by atoms with Crippen molar-refractivity contribution in [3.63, 3.8) is 0 Å². The summed E-state index contributed by atoms with van der Waals surface area (Å²) in [4.78, 5) is 15.5. The Labute approximate surface area is 459 Å². The first kappa shape index (κ1) is 56.3. The summed E-state index contributed by atoms with van der Waals surface area (Å²) in [6.07, 6.45) is -7.76. The summed E-state index contributed by atoms with van der Waals surface area (Å²) in [5.74, 6) is -0.597. The molecule has 0 radical (unpaired) electrons. The Kier molecular flexibility index (Phi) is 21.3. The minimum Gasteiger partial charge on any atom is -0.464 e. The van der Waals surface area contributed by atoms with Crippen molar-refractivity contribution in [1.82, 2.24) is 0 Å². The van der Waals surface area contributed by atoms with E-state index in [1.54, 1.807) is 14.0 Å². The molecule has 12 heteroatoms. The summed E-state index contributed by atoms with van der Waals surface area (Å²) in [5.41, 5.74) is 4.92. The minimum absolute atomic E-state index is 0.0112. The molecule has 2 heterocycles.